The number of hydrogen-bond donors (Lipinski definition) is 0. The molecular formula is C22H24N2. The molecule has 2 heteroatoms. The topological polar surface area (TPSA) is 17.8 Å². The molecule has 0 atom stereocenters. The monoisotopic (exact) mass is 316 g/mol. The normalized spacial score (nSPS) is 15.5. The maximum absolute atomic E-state index is 5.10. The fourth-order valence-electron chi connectivity index (χ4n) is 3.95. The van der Waals surface area contributed by atoms with Crippen molar-refractivity contribution in [1.29, 1.82) is 0 Å². The van der Waals surface area contributed by atoms with E-state index in [9.17, 15) is 0 Å². The Morgan fingerprint density at radius 3 is 2.00 bits per heavy atom. The second-order valence-corrected chi connectivity index (χ2v) is 6.78. The Bertz CT molecular complexity index is 797. The molecule has 1 aromatic heterocycles. The van der Waals surface area contributed by atoms with Crippen LogP contribution in [0.25, 0.3) is 22.4 Å². The summed E-state index contributed by atoms with van der Waals surface area (Å²) in [7, 11) is 0. The van der Waals surface area contributed by atoms with Gasteiger partial charge in [-0.15, -0.1) is 0 Å². The van der Waals surface area contributed by atoms with Crippen molar-refractivity contribution >= 4 is 0 Å². The van der Waals surface area contributed by atoms with Crippen LogP contribution in [-0.4, -0.2) is 9.78 Å². The van der Waals surface area contributed by atoms with E-state index >= 15 is 0 Å². The fraction of sp³-hybridized carbons (Fsp3) is 0.318. The Morgan fingerprint density at radius 2 is 1.38 bits per heavy atom. The van der Waals surface area contributed by atoms with Gasteiger partial charge in [-0.25, -0.2) is 0 Å². The Hall–Kier alpha value is -2.35. The lowest BCUT2D eigenvalue weighted by Gasteiger charge is -2.23. The van der Waals surface area contributed by atoms with E-state index in [1.54, 1.807) is 0 Å². The van der Waals surface area contributed by atoms with Crippen LogP contribution < -0.4 is 0 Å². The van der Waals surface area contributed by atoms with Gasteiger partial charge in [0.25, 0.3) is 0 Å². The molecule has 2 nitrogen and oxygen atoms in total. The van der Waals surface area contributed by atoms with Crippen LogP contribution in [0, 0.1) is 6.92 Å². The van der Waals surface area contributed by atoms with Crippen molar-refractivity contribution in [3.8, 4) is 22.4 Å². The van der Waals surface area contributed by atoms with Gasteiger partial charge in [0.1, 0.15) is 5.69 Å². The zero-order valence-corrected chi connectivity index (χ0v) is 14.3. The van der Waals surface area contributed by atoms with Crippen molar-refractivity contribution in [3.63, 3.8) is 0 Å². The molecule has 122 valence electrons. The van der Waals surface area contributed by atoms with Gasteiger partial charge in [0.05, 0.1) is 6.04 Å². The van der Waals surface area contributed by atoms with Crippen molar-refractivity contribution in [2.24, 2.45) is 0 Å². The lowest BCUT2D eigenvalue weighted by Crippen LogP contribution is -2.15. The SMILES string of the molecule is Cc1c(-c2ccccc2)c(-c2ccccc2)nn1C1CCCCC1. The van der Waals surface area contributed by atoms with E-state index in [1.165, 1.54) is 54.5 Å². The zero-order chi connectivity index (χ0) is 16.4. The molecule has 0 aliphatic heterocycles. The van der Waals surface area contributed by atoms with Crippen molar-refractivity contribution in [2.45, 2.75) is 45.1 Å². The first-order valence-electron chi connectivity index (χ1n) is 9.04. The van der Waals surface area contributed by atoms with Crippen LogP contribution >= 0.6 is 0 Å². The number of aromatic nitrogens is 2. The first kappa shape index (κ1) is 15.2. The van der Waals surface area contributed by atoms with Crippen LogP contribution in [0.15, 0.2) is 60.7 Å². The molecule has 0 saturated heterocycles. The summed E-state index contributed by atoms with van der Waals surface area (Å²) in [5.74, 6) is 0. The van der Waals surface area contributed by atoms with Gasteiger partial charge >= 0.3 is 0 Å². The lowest BCUT2D eigenvalue weighted by molar-refractivity contribution is 0.325. The highest BCUT2D eigenvalue weighted by Gasteiger charge is 2.23. The molecule has 1 heterocycles. The molecule has 1 aliphatic rings. The maximum atomic E-state index is 5.10. The second-order valence-electron chi connectivity index (χ2n) is 6.78. The van der Waals surface area contributed by atoms with E-state index in [0.29, 0.717) is 6.04 Å². The highest BCUT2D eigenvalue weighted by molar-refractivity contribution is 5.82. The zero-order valence-electron chi connectivity index (χ0n) is 14.3. The van der Waals surface area contributed by atoms with Gasteiger partial charge in [0, 0.05) is 16.8 Å². The molecule has 3 aromatic rings. The average molecular weight is 316 g/mol. The highest BCUT2D eigenvalue weighted by atomic mass is 15.3. The first-order valence-corrected chi connectivity index (χ1v) is 9.04. The van der Waals surface area contributed by atoms with Crippen molar-refractivity contribution in [1.82, 2.24) is 9.78 Å². The van der Waals surface area contributed by atoms with Gasteiger partial charge in [-0.1, -0.05) is 79.9 Å². The Labute approximate surface area is 144 Å². The Kier molecular flexibility index (Phi) is 4.20. The molecule has 4 rings (SSSR count). The van der Waals surface area contributed by atoms with Crippen LogP contribution in [-0.2, 0) is 0 Å². The van der Waals surface area contributed by atoms with Gasteiger partial charge in [-0.05, 0) is 25.3 Å². The predicted octanol–water partition coefficient (Wildman–Crippen LogP) is 6.03. The molecule has 24 heavy (non-hydrogen) atoms. The summed E-state index contributed by atoms with van der Waals surface area (Å²) in [5.41, 5.74) is 6.16. The van der Waals surface area contributed by atoms with E-state index in [4.69, 9.17) is 5.10 Å². The number of benzene rings is 2. The van der Waals surface area contributed by atoms with Gasteiger partial charge in [0.15, 0.2) is 0 Å². The minimum Gasteiger partial charge on any atom is -0.266 e. The maximum Gasteiger partial charge on any atom is 0.100 e. The third-order valence-electron chi connectivity index (χ3n) is 5.18. The quantitative estimate of drug-likeness (QED) is 0.577. The third kappa shape index (κ3) is 2.77. The largest absolute Gasteiger partial charge is 0.266 e. The molecule has 0 radical (unpaired) electrons. The average Bonchev–Trinajstić information content (AvgIpc) is 3.01. The van der Waals surface area contributed by atoms with Crippen LogP contribution in [0.4, 0.5) is 0 Å². The molecule has 0 amide bonds. The molecule has 1 fully saturated rings. The van der Waals surface area contributed by atoms with Crippen molar-refractivity contribution < 1.29 is 0 Å². The van der Waals surface area contributed by atoms with E-state index < -0.39 is 0 Å². The van der Waals surface area contributed by atoms with Crippen LogP contribution in [0.3, 0.4) is 0 Å². The molecule has 2 aromatic carbocycles. The van der Waals surface area contributed by atoms with E-state index in [-0.39, 0.29) is 0 Å². The summed E-state index contributed by atoms with van der Waals surface area (Å²) in [4.78, 5) is 0. The van der Waals surface area contributed by atoms with E-state index in [0.717, 1.165) is 5.69 Å². The van der Waals surface area contributed by atoms with Crippen LogP contribution in [0.2, 0.25) is 0 Å². The van der Waals surface area contributed by atoms with Crippen LogP contribution in [0.5, 0.6) is 0 Å². The van der Waals surface area contributed by atoms with Gasteiger partial charge in [0.2, 0.25) is 0 Å². The minimum atomic E-state index is 0.554. The Balaban J connectivity index is 1.88. The first-order chi connectivity index (χ1) is 11.8. The van der Waals surface area contributed by atoms with Gasteiger partial charge < -0.3 is 0 Å². The molecule has 0 spiro atoms. The smallest absolute Gasteiger partial charge is 0.100 e. The summed E-state index contributed by atoms with van der Waals surface area (Å²) >= 11 is 0. The summed E-state index contributed by atoms with van der Waals surface area (Å²) in [5, 5.41) is 5.10. The Morgan fingerprint density at radius 1 is 0.792 bits per heavy atom. The lowest BCUT2D eigenvalue weighted by atomic mass is 9.95. The third-order valence-corrected chi connectivity index (χ3v) is 5.18. The van der Waals surface area contributed by atoms with Crippen LogP contribution in [0.1, 0.15) is 43.8 Å². The minimum absolute atomic E-state index is 0.554. The standard InChI is InChI=1S/C22H24N2/c1-17-21(18-11-5-2-6-12-18)22(19-13-7-3-8-14-19)23-24(17)20-15-9-4-10-16-20/h2-3,5-8,11-14,20H,4,9-10,15-16H2,1H3. The summed E-state index contributed by atoms with van der Waals surface area (Å²) in [6.07, 6.45) is 6.53. The number of nitrogens with zero attached hydrogens (tertiary/aromatic N) is 2. The molecule has 0 unspecified atom stereocenters. The molecule has 1 aliphatic carbocycles. The highest BCUT2D eigenvalue weighted by Crippen LogP contribution is 2.38. The number of rotatable bonds is 3. The molecular weight excluding hydrogens is 292 g/mol. The summed E-state index contributed by atoms with van der Waals surface area (Å²) in [6, 6.07) is 21.8. The van der Waals surface area contributed by atoms with Crippen molar-refractivity contribution in [3.05, 3.63) is 66.4 Å². The molecule has 0 bridgehead atoms. The van der Waals surface area contributed by atoms with Gasteiger partial charge in [-0.3, -0.25) is 4.68 Å². The van der Waals surface area contributed by atoms with Crippen molar-refractivity contribution in [2.75, 3.05) is 0 Å². The van der Waals surface area contributed by atoms with Gasteiger partial charge in [-0.2, -0.15) is 5.10 Å². The molecule has 1 saturated carbocycles. The summed E-state index contributed by atoms with van der Waals surface area (Å²) < 4.78 is 2.31. The predicted molar refractivity (Wildman–Crippen MR) is 100.0 cm³/mol. The van der Waals surface area contributed by atoms with E-state index in [2.05, 4.69) is 72.3 Å². The summed E-state index contributed by atoms with van der Waals surface area (Å²) in [6.45, 7) is 2.23. The fourth-order valence-corrected chi connectivity index (χ4v) is 3.95. The molecule has 0 N–H and O–H groups in total. The second kappa shape index (κ2) is 6.64. The number of hydrogen-bond acceptors (Lipinski definition) is 1. The van der Waals surface area contributed by atoms with E-state index in [1.807, 2.05) is 0 Å².